The molecule has 1 aliphatic heterocycles. The number of fused-ring (bicyclic) bond motifs is 1. The van der Waals surface area contributed by atoms with Crippen molar-refractivity contribution in [2.75, 3.05) is 10.2 Å². The molecule has 142 valence electrons. The van der Waals surface area contributed by atoms with Gasteiger partial charge >= 0.3 is 0 Å². The van der Waals surface area contributed by atoms with Crippen molar-refractivity contribution >= 4 is 17.5 Å². The minimum Gasteiger partial charge on any atom is -0.325 e. The van der Waals surface area contributed by atoms with Gasteiger partial charge in [-0.15, -0.1) is 0 Å². The third kappa shape index (κ3) is 2.98. The molecule has 1 N–H and O–H groups in total. The van der Waals surface area contributed by atoms with E-state index >= 15 is 0 Å². The fourth-order valence-corrected chi connectivity index (χ4v) is 4.01. The van der Waals surface area contributed by atoms with E-state index in [-0.39, 0.29) is 13.4 Å². The molecule has 1 aromatic carbocycles. The van der Waals surface area contributed by atoms with E-state index in [0.29, 0.717) is 23.7 Å². The first kappa shape index (κ1) is 16.8. The minimum absolute atomic E-state index is 0. The van der Waals surface area contributed by atoms with Gasteiger partial charge in [0.2, 0.25) is 11.9 Å². The maximum Gasteiger partial charge on any atom is 0.247 e. The molecule has 3 heterocycles. The number of aryl methyl sites for hydroxylation is 1. The monoisotopic (exact) mass is 374 g/mol. The van der Waals surface area contributed by atoms with Gasteiger partial charge in [0.1, 0.15) is 6.04 Å². The zero-order chi connectivity index (χ0) is 19.1. The third-order valence-corrected chi connectivity index (χ3v) is 5.50. The first-order valence-corrected chi connectivity index (χ1v) is 9.45. The number of rotatable bonds is 4. The smallest absolute Gasteiger partial charge is 0.247 e. The minimum atomic E-state index is -0.246. The SMILES string of the molecule is Cc1ccc(NC(=O)[C@H]2CC3CC3N2c2ncccn2)cc1-c1ncccn1.[HH]. The van der Waals surface area contributed by atoms with E-state index in [9.17, 15) is 4.79 Å². The Bertz CT molecular complexity index is 1020. The average Bonchev–Trinajstić information content (AvgIpc) is 3.40. The van der Waals surface area contributed by atoms with E-state index in [1.807, 2.05) is 25.1 Å². The van der Waals surface area contributed by atoms with Crippen molar-refractivity contribution in [2.24, 2.45) is 5.92 Å². The lowest BCUT2D eigenvalue weighted by Crippen LogP contribution is -2.43. The lowest BCUT2D eigenvalue weighted by Gasteiger charge is -2.26. The predicted molar refractivity (Wildman–Crippen MR) is 108 cm³/mol. The molecule has 0 bridgehead atoms. The van der Waals surface area contributed by atoms with Crippen molar-refractivity contribution in [3.8, 4) is 11.4 Å². The molecule has 1 amide bonds. The van der Waals surface area contributed by atoms with Crippen molar-refractivity contribution in [3.05, 3.63) is 60.7 Å². The summed E-state index contributed by atoms with van der Waals surface area (Å²) in [5.74, 6) is 1.82. The van der Waals surface area contributed by atoms with Gasteiger partial charge in [-0.25, -0.2) is 19.9 Å². The van der Waals surface area contributed by atoms with Crippen LogP contribution in [0.1, 0.15) is 19.8 Å². The first-order valence-electron chi connectivity index (χ1n) is 9.45. The van der Waals surface area contributed by atoms with Crippen LogP contribution in [0.2, 0.25) is 0 Å². The lowest BCUT2D eigenvalue weighted by molar-refractivity contribution is -0.117. The van der Waals surface area contributed by atoms with Gasteiger partial charge in [-0.05, 0) is 55.5 Å². The highest BCUT2D eigenvalue weighted by molar-refractivity contribution is 5.98. The number of hydrogen-bond acceptors (Lipinski definition) is 6. The molecule has 3 aromatic rings. The molecule has 2 aliphatic rings. The standard InChI is InChI=1S/C21H20N6O.H2/c1-13-4-5-15(12-16(13)19-22-6-2-7-23-19)26-20(28)18-11-14-10-17(14)27(18)21-24-8-3-9-25-21;/h2-9,12,14,17-18H,10-11H2,1H3,(H,26,28);1H/t14?,17?,18-;/m1./s1. The number of nitrogens with zero attached hydrogens (tertiary/aromatic N) is 5. The number of carbonyl (C=O) groups excluding carboxylic acids is 1. The van der Waals surface area contributed by atoms with Gasteiger partial charge in [-0.1, -0.05) is 6.07 Å². The Kier molecular flexibility index (Phi) is 4.00. The van der Waals surface area contributed by atoms with Crippen LogP contribution in [0.4, 0.5) is 11.6 Å². The van der Waals surface area contributed by atoms with Crippen LogP contribution in [0.25, 0.3) is 11.4 Å². The summed E-state index contributed by atoms with van der Waals surface area (Å²) in [6.45, 7) is 2.01. The van der Waals surface area contributed by atoms with Gasteiger partial charge < -0.3 is 10.2 Å². The molecule has 7 nitrogen and oxygen atoms in total. The van der Waals surface area contributed by atoms with E-state index in [0.717, 1.165) is 29.7 Å². The number of nitrogens with one attached hydrogen (secondary N) is 1. The second-order valence-corrected chi connectivity index (χ2v) is 7.36. The Morgan fingerprint density at radius 2 is 1.79 bits per heavy atom. The Labute approximate surface area is 164 Å². The number of anilines is 2. The molecule has 1 saturated heterocycles. The zero-order valence-electron chi connectivity index (χ0n) is 15.5. The Balaban J connectivity index is 0.00000205. The Morgan fingerprint density at radius 3 is 2.54 bits per heavy atom. The number of aromatic nitrogens is 4. The number of benzene rings is 1. The fourth-order valence-electron chi connectivity index (χ4n) is 4.01. The number of amides is 1. The summed E-state index contributed by atoms with van der Waals surface area (Å²) in [6.07, 6.45) is 8.83. The van der Waals surface area contributed by atoms with Crippen LogP contribution in [0.15, 0.2) is 55.1 Å². The maximum absolute atomic E-state index is 13.1. The van der Waals surface area contributed by atoms with Crippen molar-refractivity contribution < 1.29 is 6.22 Å². The lowest BCUT2D eigenvalue weighted by atomic mass is 10.1. The van der Waals surface area contributed by atoms with Gasteiger partial charge in [0.15, 0.2) is 5.82 Å². The molecule has 7 heteroatoms. The van der Waals surface area contributed by atoms with Gasteiger partial charge in [0, 0.05) is 43.5 Å². The molecule has 0 radical (unpaired) electrons. The van der Waals surface area contributed by atoms with E-state index in [1.165, 1.54) is 0 Å². The molecule has 0 spiro atoms. The van der Waals surface area contributed by atoms with Crippen molar-refractivity contribution in [1.82, 2.24) is 19.9 Å². The summed E-state index contributed by atoms with van der Waals surface area (Å²) >= 11 is 0. The molecule has 3 atom stereocenters. The molecular formula is C21H22N6O. The molecule has 5 rings (SSSR count). The van der Waals surface area contributed by atoms with Crippen LogP contribution in [-0.2, 0) is 4.79 Å². The molecule has 2 unspecified atom stereocenters. The maximum atomic E-state index is 13.1. The highest BCUT2D eigenvalue weighted by atomic mass is 16.2. The van der Waals surface area contributed by atoms with Crippen molar-refractivity contribution in [3.63, 3.8) is 0 Å². The normalized spacial score (nSPS) is 22.6. The largest absolute Gasteiger partial charge is 0.325 e. The number of carbonyl (C=O) groups is 1. The van der Waals surface area contributed by atoms with E-state index in [1.54, 1.807) is 36.9 Å². The quantitative estimate of drug-likeness (QED) is 0.755. The Hall–Kier alpha value is -3.35. The van der Waals surface area contributed by atoms with Gasteiger partial charge in [0.05, 0.1) is 0 Å². The van der Waals surface area contributed by atoms with Crippen LogP contribution in [0, 0.1) is 12.8 Å². The predicted octanol–water partition coefficient (Wildman–Crippen LogP) is 3.09. The first-order chi connectivity index (χ1) is 13.7. The van der Waals surface area contributed by atoms with Crippen LogP contribution in [0.5, 0.6) is 0 Å². The molecule has 2 fully saturated rings. The summed E-state index contributed by atoms with van der Waals surface area (Å²) in [5, 5.41) is 3.07. The van der Waals surface area contributed by atoms with E-state index in [4.69, 9.17) is 0 Å². The van der Waals surface area contributed by atoms with E-state index in [2.05, 4.69) is 30.2 Å². The summed E-state index contributed by atoms with van der Waals surface area (Å²) < 4.78 is 0. The zero-order valence-corrected chi connectivity index (χ0v) is 15.5. The van der Waals surface area contributed by atoms with Gasteiger partial charge in [0.25, 0.3) is 0 Å². The molecule has 28 heavy (non-hydrogen) atoms. The highest BCUT2D eigenvalue weighted by Crippen LogP contribution is 2.49. The topological polar surface area (TPSA) is 83.9 Å². The van der Waals surface area contributed by atoms with Crippen LogP contribution >= 0.6 is 0 Å². The number of hydrogen-bond donors (Lipinski definition) is 1. The van der Waals surface area contributed by atoms with Crippen LogP contribution in [-0.4, -0.2) is 37.9 Å². The second-order valence-electron chi connectivity index (χ2n) is 7.36. The molecule has 1 aliphatic carbocycles. The van der Waals surface area contributed by atoms with Gasteiger partial charge in [-0.3, -0.25) is 4.79 Å². The summed E-state index contributed by atoms with van der Waals surface area (Å²) in [5.41, 5.74) is 2.72. The highest BCUT2D eigenvalue weighted by Gasteiger charge is 2.55. The van der Waals surface area contributed by atoms with Gasteiger partial charge in [-0.2, -0.15) is 0 Å². The van der Waals surface area contributed by atoms with Crippen molar-refractivity contribution in [1.29, 1.82) is 0 Å². The fraction of sp³-hybridized carbons (Fsp3) is 0.286. The molecule has 1 saturated carbocycles. The summed E-state index contributed by atoms with van der Waals surface area (Å²) in [7, 11) is 0. The number of piperidine rings is 1. The summed E-state index contributed by atoms with van der Waals surface area (Å²) in [6, 6.07) is 9.54. The van der Waals surface area contributed by atoms with E-state index < -0.39 is 0 Å². The van der Waals surface area contributed by atoms with Crippen LogP contribution < -0.4 is 10.2 Å². The third-order valence-electron chi connectivity index (χ3n) is 5.50. The van der Waals surface area contributed by atoms with Crippen molar-refractivity contribution in [2.45, 2.75) is 31.8 Å². The summed E-state index contributed by atoms with van der Waals surface area (Å²) in [4.78, 5) is 32.5. The second kappa shape index (κ2) is 6.67. The van der Waals surface area contributed by atoms with Crippen LogP contribution in [0.3, 0.4) is 0 Å². The average molecular weight is 374 g/mol. The molecule has 2 aromatic heterocycles. The molecular weight excluding hydrogens is 352 g/mol. The Morgan fingerprint density at radius 1 is 1.07 bits per heavy atom.